The molecule has 0 radical (unpaired) electrons. The van der Waals surface area contributed by atoms with Gasteiger partial charge in [-0.3, -0.25) is 4.79 Å². The lowest BCUT2D eigenvalue weighted by molar-refractivity contribution is 0.0735. The Hall–Kier alpha value is -4.72. The predicted octanol–water partition coefficient (Wildman–Crippen LogP) is 15.0. The molecule has 0 heterocycles. The number of ketones is 1. The van der Waals surface area contributed by atoms with Gasteiger partial charge in [0.1, 0.15) is 5.75 Å². The van der Waals surface area contributed by atoms with Crippen LogP contribution in [0.3, 0.4) is 0 Å². The van der Waals surface area contributed by atoms with E-state index in [1.54, 1.807) is 42.5 Å². The van der Waals surface area contributed by atoms with Crippen molar-refractivity contribution in [2.75, 3.05) is 31.3 Å². The number of hydrogen-bond donors (Lipinski definition) is 2. The van der Waals surface area contributed by atoms with Gasteiger partial charge in [-0.1, -0.05) is 180 Å². The maximum Gasteiger partial charge on any atom is 0.343 e. The maximum absolute atomic E-state index is 14.2. The van der Waals surface area contributed by atoms with Crippen LogP contribution in [0.15, 0.2) is 66.7 Å². The van der Waals surface area contributed by atoms with Crippen molar-refractivity contribution in [2.24, 2.45) is 0 Å². The summed E-state index contributed by atoms with van der Waals surface area (Å²) < 4.78 is 25.7. The molecule has 0 atom stereocenters. The van der Waals surface area contributed by atoms with E-state index in [1.807, 2.05) is 24.3 Å². The van der Waals surface area contributed by atoms with Crippen molar-refractivity contribution in [1.82, 2.24) is 0 Å². The number of ether oxygens (including phenoxy) is 4. The van der Waals surface area contributed by atoms with Crippen molar-refractivity contribution < 1.29 is 28.5 Å². The number of hydrogen-bond acceptors (Lipinski definition) is 8. The minimum absolute atomic E-state index is 0.225. The molecule has 8 nitrogen and oxygen atoms in total. The van der Waals surface area contributed by atoms with Crippen LogP contribution in [-0.4, -0.2) is 31.6 Å². The monoisotopic (exact) mass is 851 g/mol. The number of fused-ring (bicyclic) bond motifs is 1. The van der Waals surface area contributed by atoms with E-state index < -0.39 is 5.97 Å². The third-order valence-electron chi connectivity index (χ3n) is 11.6. The Morgan fingerprint density at radius 3 is 1.32 bits per heavy atom. The van der Waals surface area contributed by atoms with Gasteiger partial charge in [0.05, 0.1) is 25.4 Å². The van der Waals surface area contributed by atoms with Crippen molar-refractivity contribution in [3.05, 3.63) is 83.4 Å². The first kappa shape index (κ1) is 49.9. The number of unbranched alkanes of at least 4 members (excludes halogenated alkanes) is 21. The van der Waals surface area contributed by atoms with Gasteiger partial charge in [-0.15, -0.1) is 0 Å². The van der Waals surface area contributed by atoms with Crippen LogP contribution < -0.4 is 30.4 Å². The highest BCUT2D eigenvalue weighted by Gasteiger charge is 2.22. The maximum atomic E-state index is 14.2. The summed E-state index contributed by atoms with van der Waals surface area (Å²) in [5.41, 5.74) is 14.0. The molecule has 0 aliphatic heterocycles. The molecular formula is C54H78N2O6. The van der Waals surface area contributed by atoms with Crippen molar-refractivity contribution in [1.29, 1.82) is 0 Å². The molecule has 62 heavy (non-hydrogen) atoms. The molecular weight excluding hydrogens is 773 g/mol. The molecule has 4 N–H and O–H groups in total. The van der Waals surface area contributed by atoms with E-state index >= 15 is 0 Å². The summed E-state index contributed by atoms with van der Waals surface area (Å²) in [4.78, 5) is 27.9. The van der Waals surface area contributed by atoms with Gasteiger partial charge < -0.3 is 30.4 Å². The molecule has 0 spiro atoms. The second-order valence-electron chi connectivity index (χ2n) is 17.0. The summed E-state index contributed by atoms with van der Waals surface area (Å²) in [6, 6.07) is 19.1. The van der Waals surface area contributed by atoms with Gasteiger partial charge in [-0.2, -0.15) is 0 Å². The molecule has 4 aromatic rings. The Morgan fingerprint density at radius 2 is 0.855 bits per heavy atom. The second kappa shape index (κ2) is 29.6. The van der Waals surface area contributed by atoms with E-state index in [2.05, 4.69) is 20.8 Å². The fraction of sp³-hybridized carbons (Fsp3) is 0.556. The summed E-state index contributed by atoms with van der Waals surface area (Å²) >= 11 is 0. The molecule has 0 bridgehead atoms. The van der Waals surface area contributed by atoms with Gasteiger partial charge in [0.25, 0.3) is 0 Å². The molecule has 0 amide bonds. The standard InChI is InChI=1S/C54H78N2O6/c1-4-7-10-13-16-19-22-27-34-59-50-39-43(40-51(60-35-28-23-20-17-14-11-8-5-2)53(50)61-36-29-24-21-18-15-12-9-6-3)54(58)62-49-33-32-48(46-30-25-26-31-47(46)49)52(57)42-37-44(55)41-45(56)38-42/h25-26,30-33,37-41H,4-24,27-29,34-36,55-56H2,1-3H3. The predicted molar refractivity (Wildman–Crippen MR) is 258 cm³/mol. The molecule has 0 aliphatic carbocycles. The van der Waals surface area contributed by atoms with Gasteiger partial charge in [-0.05, 0) is 67.1 Å². The highest BCUT2D eigenvalue weighted by atomic mass is 16.5. The van der Waals surface area contributed by atoms with E-state index in [1.165, 1.54) is 116 Å². The first-order chi connectivity index (χ1) is 30.4. The fourth-order valence-electron chi connectivity index (χ4n) is 7.98. The largest absolute Gasteiger partial charge is 0.490 e. The van der Waals surface area contributed by atoms with E-state index in [4.69, 9.17) is 30.4 Å². The summed E-state index contributed by atoms with van der Waals surface area (Å²) in [7, 11) is 0. The van der Waals surface area contributed by atoms with Crippen LogP contribution in [0.5, 0.6) is 23.0 Å². The van der Waals surface area contributed by atoms with Crippen LogP contribution in [0.25, 0.3) is 10.8 Å². The molecule has 0 fully saturated rings. The molecule has 0 saturated heterocycles. The number of benzene rings is 4. The lowest BCUT2D eigenvalue weighted by Crippen LogP contribution is -2.12. The molecule has 0 aliphatic rings. The zero-order chi connectivity index (χ0) is 44.2. The minimum Gasteiger partial charge on any atom is -0.490 e. The van der Waals surface area contributed by atoms with Gasteiger partial charge in [-0.25, -0.2) is 4.79 Å². The fourth-order valence-corrected chi connectivity index (χ4v) is 7.98. The Bertz CT molecular complexity index is 1840. The smallest absolute Gasteiger partial charge is 0.343 e. The Balaban J connectivity index is 1.56. The van der Waals surface area contributed by atoms with E-state index in [0.717, 1.165) is 38.5 Å². The first-order valence-corrected chi connectivity index (χ1v) is 24.4. The molecule has 4 rings (SSSR count). The summed E-state index contributed by atoms with van der Waals surface area (Å²) in [6.07, 6.45) is 28.7. The van der Waals surface area contributed by atoms with Gasteiger partial charge in [0.2, 0.25) is 5.75 Å². The van der Waals surface area contributed by atoms with Crippen LogP contribution in [-0.2, 0) is 0 Å². The average Bonchev–Trinajstić information content (AvgIpc) is 3.27. The quantitative estimate of drug-likeness (QED) is 0.0157. The molecule has 8 heteroatoms. The third kappa shape index (κ3) is 17.6. The minimum atomic E-state index is -0.554. The molecule has 0 aromatic heterocycles. The lowest BCUT2D eigenvalue weighted by atomic mass is 9.96. The Labute approximate surface area is 373 Å². The van der Waals surface area contributed by atoms with Crippen molar-refractivity contribution in [3.8, 4) is 23.0 Å². The molecule has 0 saturated carbocycles. The third-order valence-corrected chi connectivity index (χ3v) is 11.6. The number of nitrogens with two attached hydrogens (primary N) is 2. The van der Waals surface area contributed by atoms with Crippen molar-refractivity contribution in [3.63, 3.8) is 0 Å². The van der Waals surface area contributed by atoms with E-state index in [-0.39, 0.29) is 5.78 Å². The lowest BCUT2D eigenvalue weighted by Gasteiger charge is -2.19. The van der Waals surface area contributed by atoms with Crippen molar-refractivity contribution >= 4 is 33.9 Å². The molecule has 0 unspecified atom stereocenters. The summed E-state index contributed by atoms with van der Waals surface area (Å²) in [5, 5.41) is 1.28. The zero-order valence-corrected chi connectivity index (χ0v) is 38.5. The summed E-state index contributed by atoms with van der Waals surface area (Å²) in [6.45, 7) is 8.31. The topological polar surface area (TPSA) is 123 Å². The van der Waals surface area contributed by atoms with E-state index in [0.29, 0.717) is 81.7 Å². The van der Waals surface area contributed by atoms with Crippen LogP contribution in [0.1, 0.15) is 201 Å². The van der Waals surface area contributed by atoms with Crippen LogP contribution >= 0.6 is 0 Å². The number of rotatable bonds is 34. The number of nitrogen functional groups attached to an aromatic ring is 2. The highest BCUT2D eigenvalue weighted by molar-refractivity contribution is 6.18. The van der Waals surface area contributed by atoms with Crippen LogP contribution in [0, 0.1) is 0 Å². The number of esters is 1. The van der Waals surface area contributed by atoms with Crippen LogP contribution in [0.4, 0.5) is 11.4 Å². The normalized spacial score (nSPS) is 11.2. The number of anilines is 2. The van der Waals surface area contributed by atoms with Crippen LogP contribution in [0.2, 0.25) is 0 Å². The zero-order valence-electron chi connectivity index (χ0n) is 38.5. The van der Waals surface area contributed by atoms with E-state index in [9.17, 15) is 9.59 Å². The number of carbonyl (C=O) groups is 2. The summed E-state index contributed by atoms with van der Waals surface area (Å²) in [5.74, 6) is 1.12. The second-order valence-corrected chi connectivity index (χ2v) is 17.0. The Morgan fingerprint density at radius 1 is 0.435 bits per heavy atom. The van der Waals surface area contributed by atoms with Crippen molar-refractivity contribution in [2.45, 2.75) is 175 Å². The average molecular weight is 851 g/mol. The SMILES string of the molecule is CCCCCCCCCCOc1cc(C(=O)Oc2ccc(C(=O)c3cc(N)cc(N)c3)c3ccccc23)cc(OCCCCCCCCCC)c1OCCCCCCCCCC. The highest BCUT2D eigenvalue weighted by Crippen LogP contribution is 2.40. The Kier molecular flexibility index (Phi) is 23.8. The number of carbonyl (C=O) groups excluding carboxylic acids is 2. The first-order valence-electron chi connectivity index (χ1n) is 24.4. The van der Waals surface area contributed by atoms with Gasteiger partial charge in [0.15, 0.2) is 17.3 Å². The van der Waals surface area contributed by atoms with Gasteiger partial charge in [0, 0.05) is 27.9 Å². The molecule has 340 valence electrons. The molecule has 4 aromatic carbocycles. The van der Waals surface area contributed by atoms with Gasteiger partial charge >= 0.3 is 5.97 Å².